The third kappa shape index (κ3) is 7.48. The van der Waals surface area contributed by atoms with Gasteiger partial charge in [-0.3, -0.25) is 13.8 Å². The summed E-state index contributed by atoms with van der Waals surface area (Å²) in [7, 11) is 4.67. The lowest BCUT2D eigenvalue weighted by Crippen LogP contribution is -2.41. The first-order valence-corrected chi connectivity index (χ1v) is 12.0. The SMILES string of the molecule is COc1cc(OC)c(/C=C/S(=O)Cc2ccc(OC)c(NC(=O)C(C)(C)OC(C)=O)c2)c(OC)c1. The number of hydrogen-bond acceptors (Lipinski definition) is 8. The van der Waals surface area contributed by atoms with E-state index in [4.69, 9.17) is 23.7 Å². The van der Waals surface area contributed by atoms with Crippen molar-refractivity contribution in [1.82, 2.24) is 0 Å². The zero-order valence-electron chi connectivity index (χ0n) is 20.9. The van der Waals surface area contributed by atoms with Crippen molar-refractivity contribution < 1.29 is 37.5 Å². The molecule has 0 aliphatic carbocycles. The average molecular weight is 506 g/mol. The molecule has 0 saturated heterocycles. The monoisotopic (exact) mass is 505 g/mol. The van der Waals surface area contributed by atoms with Gasteiger partial charge in [0.25, 0.3) is 5.91 Å². The largest absolute Gasteiger partial charge is 0.496 e. The van der Waals surface area contributed by atoms with Gasteiger partial charge in [-0.2, -0.15) is 0 Å². The van der Waals surface area contributed by atoms with Crippen molar-refractivity contribution in [3.63, 3.8) is 0 Å². The van der Waals surface area contributed by atoms with E-state index in [1.165, 1.54) is 42.1 Å². The predicted octanol–water partition coefficient (Wildman–Crippen LogP) is 3.92. The lowest BCUT2D eigenvalue weighted by molar-refractivity contribution is -0.160. The minimum atomic E-state index is -1.40. The molecule has 0 aliphatic heterocycles. The molecule has 190 valence electrons. The Kier molecular flexibility index (Phi) is 9.70. The minimum Gasteiger partial charge on any atom is -0.496 e. The van der Waals surface area contributed by atoms with Crippen LogP contribution in [0.2, 0.25) is 0 Å². The van der Waals surface area contributed by atoms with E-state index in [9.17, 15) is 13.8 Å². The first kappa shape index (κ1) is 27.7. The predicted molar refractivity (Wildman–Crippen MR) is 134 cm³/mol. The fourth-order valence-electron chi connectivity index (χ4n) is 3.17. The molecule has 9 nitrogen and oxygen atoms in total. The second-order valence-electron chi connectivity index (χ2n) is 7.87. The Morgan fingerprint density at radius 3 is 2.06 bits per heavy atom. The van der Waals surface area contributed by atoms with Crippen LogP contribution < -0.4 is 24.3 Å². The molecule has 2 rings (SSSR count). The number of rotatable bonds is 11. The number of ether oxygens (including phenoxy) is 5. The summed E-state index contributed by atoms with van der Waals surface area (Å²) >= 11 is 0. The van der Waals surface area contributed by atoms with Crippen molar-refractivity contribution in [2.24, 2.45) is 0 Å². The molecule has 2 aromatic carbocycles. The van der Waals surface area contributed by atoms with Gasteiger partial charge >= 0.3 is 5.97 Å². The van der Waals surface area contributed by atoms with Crippen LogP contribution in [0.15, 0.2) is 35.7 Å². The van der Waals surface area contributed by atoms with Crippen LogP contribution in [-0.2, 0) is 30.9 Å². The van der Waals surface area contributed by atoms with Gasteiger partial charge in [0.05, 0.1) is 56.2 Å². The van der Waals surface area contributed by atoms with E-state index < -0.39 is 28.3 Å². The summed E-state index contributed by atoms with van der Waals surface area (Å²) in [5.41, 5.74) is 0.312. The van der Waals surface area contributed by atoms with Gasteiger partial charge in [-0.05, 0) is 37.6 Å². The summed E-state index contributed by atoms with van der Waals surface area (Å²) in [5, 5.41) is 4.26. The van der Waals surface area contributed by atoms with E-state index in [0.717, 1.165) is 0 Å². The van der Waals surface area contributed by atoms with Gasteiger partial charge in [-0.25, -0.2) is 0 Å². The fraction of sp³-hybridized carbons (Fsp3) is 0.360. The number of benzene rings is 2. The number of esters is 1. The summed E-state index contributed by atoms with van der Waals surface area (Å²) < 4.78 is 39.3. The Hall–Kier alpha value is -3.53. The van der Waals surface area contributed by atoms with Crippen molar-refractivity contribution in [3.05, 3.63) is 46.9 Å². The van der Waals surface area contributed by atoms with Crippen LogP contribution in [0, 0.1) is 0 Å². The highest BCUT2D eigenvalue weighted by Gasteiger charge is 2.31. The smallest absolute Gasteiger partial charge is 0.303 e. The van der Waals surface area contributed by atoms with Crippen LogP contribution in [-0.4, -0.2) is 50.1 Å². The Morgan fingerprint density at radius 1 is 0.943 bits per heavy atom. The molecule has 0 aliphatic rings. The number of methoxy groups -OCH3 is 4. The first-order valence-electron chi connectivity index (χ1n) is 10.6. The molecule has 35 heavy (non-hydrogen) atoms. The number of nitrogens with one attached hydrogen (secondary N) is 1. The van der Waals surface area contributed by atoms with E-state index in [0.29, 0.717) is 39.8 Å². The second kappa shape index (κ2) is 12.3. The molecule has 0 bridgehead atoms. The molecule has 1 atom stereocenters. The maximum atomic E-state index is 12.8. The number of anilines is 1. The second-order valence-corrected chi connectivity index (χ2v) is 9.19. The molecule has 0 aromatic heterocycles. The molecule has 0 heterocycles. The van der Waals surface area contributed by atoms with Gasteiger partial charge in [0.1, 0.15) is 23.0 Å². The maximum Gasteiger partial charge on any atom is 0.303 e. The zero-order valence-corrected chi connectivity index (χ0v) is 21.7. The van der Waals surface area contributed by atoms with Crippen LogP contribution in [0.1, 0.15) is 31.9 Å². The third-order valence-corrected chi connectivity index (χ3v) is 5.96. The van der Waals surface area contributed by atoms with E-state index in [1.807, 2.05) is 0 Å². The molecule has 2 aromatic rings. The molecule has 0 radical (unpaired) electrons. The van der Waals surface area contributed by atoms with Crippen molar-refractivity contribution in [1.29, 1.82) is 0 Å². The highest BCUT2D eigenvalue weighted by atomic mass is 32.2. The Balaban J connectivity index is 2.24. The van der Waals surface area contributed by atoms with Gasteiger partial charge in [0.2, 0.25) is 0 Å². The van der Waals surface area contributed by atoms with Crippen molar-refractivity contribution in [2.75, 3.05) is 33.8 Å². The Labute approximate surface area is 207 Å². The molecule has 1 N–H and O–H groups in total. The molecular weight excluding hydrogens is 474 g/mol. The molecular formula is C25H31NO8S. The topological polar surface area (TPSA) is 109 Å². The number of hydrogen-bond donors (Lipinski definition) is 1. The normalized spacial score (nSPS) is 12.1. The van der Waals surface area contributed by atoms with E-state index in [-0.39, 0.29) is 5.75 Å². The zero-order chi connectivity index (χ0) is 26.2. The molecule has 0 saturated carbocycles. The maximum absolute atomic E-state index is 12.8. The lowest BCUT2D eigenvalue weighted by atomic mass is 10.1. The van der Waals surface area contributed by atoms with E-state index in [1.54, 1.807) is 48.9 Å². The molecule has 0 spiro atoms. The Morgan fingerprint density at radius 2 is 1.54 bits per heavy atom. The van der Waals surface area contributed by atoms with Gasteiger partial charge in [0, 0.05) is 24.5 Å². The molecule has 1 amide bonds. The number of carbonyl (C=O) groups excluding carboxylic acids is 2. The fourth-order valence-corrected chi connectivity index (χ4v) is 4.07. The lowest BCUT2D eigenvalue weighted by Gasteiger charge is -2.24. The van der Waals surface area contributed by atoms with Crippen LogP contribution in [0.3, 0.4) is 0 Å². The summed E-state index contributed by atoms with van der Waals surface area (Å²) in [4.78, 5) is 24.0. The number of carbonyl (C=O) groups is 2. The van der Waals surface area contributed by atoms with E-state index in [2.05, 4.69) is 5.32 Å². The molecule has 10 heteroatoms. The summed E-state index contributed by atoms with van der Waals surface area (Å²) in [6.07, 6.45) is 1.67. The standard InChI is InChI=1S/C25H31NO8S/c1-16(27)34-25(2,3)24(28)26-20-12-17(8-9-21(20)31-5)15-35(29)11-10-19-22(32-6)13-18(30-4)14-23(19)33-7/h8-14H,15H2,1-7H3,(H,26,28)/b11-10+. The molecule has 0 fully saturated rings. The summed E-state index contributed by atoms with van der Waals surface area (Å²) in [6, 6.07) is 8.51. The van der Waals surface area contributed by atoms with Gasteiger partial charge in [0.15, 0.2) is 5.60 Å². The van der Waals surface area contributed by atoms with Crippen molar-refractivity contribution in [2.45, 2.75) is 32.1 Å². The van der Waals surface area contributed by atoms with Crippen LogP contribution >= 0.6 is 0 Å². The van der Waals surface area contributed by atoms with Crippen LogP contribution in [0.4, 0.5) is 5.69 Å². The quantitative estimate of drug-likeness (QED) is 0.458. The Bertz CT molecular complexity index is 1100. The van der Waals surface area contributed by atoms with Gasteiger partial charge in [-0.1, -0.05) is 6.07 Å². The van der Waals surface area contributed by atoms with Gasteiger partial charge in [-0.15, -0.1) is 0 Å². The summed E-state index contributed by atoms with van der Waals surface area (Å²) in [5.74, 6) is 1.09. The highest BCUT2D eigenvalue weighted by Crippen LogP contribution is 2.35. The highest BCUT2D eigenvalue weighted by molar-refractivity contribution is 7.87. The van der Waals surface area contributed by atoms with Crippen molar-refractivity contribution >= 4 is 34.4 Å². The summed E-state index contributed by atoms with van der Waals surface area (Å²) in [6.45, 7) is 4.21. The minimum absolute atomic E-state index is 0.178. The van der Waals surface area contributed by atoms with E-state index >= 15 is 0 Å². The van der Waals surface area contributed by atoms with Gasteiger partial charge < -0.3 is 29.0 Å². The number of amides is 1. The van der Waals surface area contributed by atoms with Crippen molar-refractivity contribution in [3.8, 4) is 23.0 Å². The average Bonchev–Trinajstić information content (AvgIpc) is 2.81. The third-order valence-electron chi connectivity index (χ3n) is 4.91. The molecule has 1 unspecified atom stereocenters. The van der Waals surface area contributed by atoms with Crippen LogP contribution in [0.25, 0.3) is 6.08 Å². The van der Waals surface area contributed by atoms with Crippen LogP contribution in [0.5, 0.6) is 23.0 Å². The first-order chi connectivity index (χ1) is 16.5.